The molecule has 0 radical (unpaired) electrons. The van der Waals surface area contributed by atoms with E-state index in [1.165, 1.54) is 53.7 Å². The summed E-state index contributed by atoms with van der Waals surface area (Å²) in [6, 6.07) is 13.9. The number of thiophene rings is 1. The number of fused-ring (bicyclic) bond motifs is 1. The van der Waals surface area contributed by atoms with Crippen molar-refractivity contribution >= 4 is 50.0 Å². The molecule has 10 nitrogen and oxygen atoms in total. The summed E-state index contributed by atoms with van der Waals surface area (Å²) < 4.78 is 37.8. The molecule has 4 rings (SSSR count). The Bertz CT molecular complexity index is 1440. The van der Waals surface area contributed by atoms with Gasteiger partial charge in [-0.05, 0) is 49.2 Å². The lowest BCUT2D eigenvalue weighted by Crippen LogP contribution is -2.36. The van der Waals surface area contributed by atoms with Crippen LogP contribution in [0.4, 0.5) is 15.5 Å². The number of hydrogen-bond acceptors (Lipinski definition) is 8. The van der Waals surface area contributed by atoms with Crippen molar-refractivity contribution in [1.29, 1.82) is 0 Å². The van der Waals surface area contributed by atoms with E-state index in [-0.39, 0.29) is 34.9 Å². The summed E-state index contributed by atoms with van der Waals surface area (Å²) in [5.74, 6) is -1.13. The summed E-state index contributed by atoms with van der Waals surface area (Å²) in [5.41, 5.74) is 1.36. The molecular weight excluding hydrogens is 518 g/mol. The van der Waals surface area contributed by atoms with Crippen LogP contribution >= 0.6 is 11.3 Å². The van der Waals surface area contributed by atoms with Crippen molar-refractivity contribution in [2.45, 2.75) is 24.8 Å². The van der Waals surface area contributed by atoms with E-state index in [4.69, 9.17) is 9.47 Å². The van der Waals surface area contributed by atoms with E-state index < -0.39 is 28.0 Å². The molecule has 0 saturated carbocycles. The predicted octanol–water partition coefficient (Wildman–Crippen LogP) is 4.10. The van der Waals surface area contributed by atoms with Crippen LogP contribution in [0, 0.1) is 0 Å². The standard InChI is InChI=1S/C25H25N3O7S2/c1-3-35-25(31)28-13-12-19-20(15-28)36-23(21(19)24(30)34-2)26-22(29)16-8-7-9-17(14-16)27-37(32,33)18-10-5-4-6-11-18/h4-11,14,27H,3,12-13,15H2,1-2H3,(H,26,29). The van der Waals surface area contributed by atoms with Crippen molar-refractivity contribution in [3.05, 3.63) is 76.2 Å². The van der Waals surface area contributed by atoms with Crippen LogP contribution in [0.2, 0.25) is 0 Å². The maximum absolute atomic E-state index is 13.1. The highest BCUT2D eigenvalue weighted by Crippen LogP contribution is 2.38. The summed E-state index contributed by atoms with van der Waals surface area (Å²) in [7, 11) is -2.58. The number of nitrogens with one attached hydrogen (secondary N) is 2. The Morgan fingerprint density at radius 1 is 1.08 bits per heavy atom. The second kappa shape index (κ2) is 11.0. The minimum atomic E-state index is -3.84. The zero-order chi connectivity index (χ0) is 26.6. The molecule has 1 aromatic heterocycles. The van der Waals surface area contributed by atoms with Crippen LogP contribution < -0.4 is 10.0 Å². The Morgan fingerprint density at radius 2 is 1.84 bits per heavy atom. The molecule has 0 atom stereocenters. The van der Waals surface area contributed by atoms with Crippen LogP contribution in [-0.2, 0) is 32.5 Å². The molecule has 2 N–H and O–H groups in total. The van der Waals surface area contributed by atoms with Gasteiger partial charge in [-0.15, -0.1) is 11.3 Å². The largest absolute Gasteiger partial charge is 0.465 e. The molecule has 1 aliphatic heterocycles. The van der Waals surface area contributed by atoms with Gasteiger partial charge in [-0.1, -0.05) is 24.3 Å². The van der Waals surface area contributed by atoms with Crippen LogP contribution in [0.3, 0.4) is 0 Å². The van der Waals surface area contributed by atoms with E-state index in [1.54, 1.807) is 31.2 Å². The van der Waals surface area contributed by atoms with Gasteiger partial charge in [0.15, 0.2) is 0 Å². The fourth-order valence-electron chi connectivity index (χ4n) is 3.89. The van der Waals surface area contributed by atoms with Crippen molar-refractivity contribution in [2.75, 3.05) is 30.3 Å². The van der Waals surface area contributed by atoms with Crippen molar-refractivity contribution in [1.82, 2.24) is 4.90 Å². The first kappa shape index (κ1) is 26.2. The number of carbonyl (C=O) groups excluding carboxylic acids is 3. The average molecular weight is 544 g/mol. The average Bonchev–Trinajstić information content (AvgIpc) is 3.25. The third kappa shape index (κ3) is 5.75. The van der Waals surface area contributed by atoms with Gasteiger partial charge in [0, 0.05) is 22.7 Å². The van der Waals surface area contributed by atoms with Crippen molar-refractivity contribution in [3.8, 4) is 0 Å². The third-order valence-electron chi connectivity index (χ3n) is 5.63. The minimum Gasteiger partial charge on any atom is -0.465 e. The number of anilines is 2. The lowest BCUT2D eigenvalue weighted by molar-refractivity contribution is 0.0600. The first-order valence-electron chi connectivity index (χ1n) is 11.4. The van der Waals surface area contributed by atoms with E-state index in [0.29, 0.717) is 18.0 Å². The van der Waals surface area contributed by atoms with Gasteiger partial charge in [-0.25, -0.2) is 18.0 Å². The third-order valence-corrected chi connectivity index (χ3v) is 8.16. The van der Waals surface area contributed by atoms with Crippen LogP contribution in [0.25, 0.3) is 0 Å². The van der Waals surface area contributed by atoms with Crippen LogP contribution in [-0.4, -0.2) is 51.5 Å². The number of hydrogen-bond donors (Lipinski definition) is 2. The number of amides is 2. The van der Waals surface area contributed by atoms with Gasteiger partial charge in [-0.3, -0.25) is 9.52 Å². The lowest BCUT2D eigenvalue weighted by atomic mass is 10.0. The molecule has 194 valence electrons. The fraction of sp³-hybridized carbons (Fsp3) is 0.240. The summed E-state index contributed by atoms with van der Waals surface area (Å²) >= 11 is 1.19. The molecule has 2 aromatic carbocycles. The molecule has 37 heavy (non-hydrogen) atoms. The van der Waals surface area contributed by atoms with E-state index in [0.717, 1.165) is 10.4 Å². The molecule has 0 bridgehead atoms. The number of esters is 1. The fourth-order valence-corrected chi connectivity index (χ4v) is 6.21. The number of carbonyl (C=O) groups is 3. The van der Waals surface area contributed by atoms with Crippen LogP contribution in [0.1, 0.15) is 38.1 Å². The first-order valence-corrected chi connectivity index (χ1v) is 13.7. The first-order chi connectivity index (χ1) is 17.7. The highest BCUT2D eigenvalue weighted by molar-refractivity contribution is 7.92. The van der Waals surface area contributed by atoms with Gasteiger partial charge in [0.2, 0.25) is 0 Å². The van der Waals surface area contributed by atoms with Crippen molar-refractivity contribution < 1.29 is 32.3 Å². The van der Waals surface area contributed by atoms with Crippen LogP contribution in [0.5, 0.6) is 0 Å². The molecule has 0 spiro atoms. The predicted molar refractivity (Wildman–Crippen MR) is 138 cm³/mol. The van der Waals surface area contributed by atoms with Gasteiger partial charge < -0.3 is 19.7 Å². The Morgan fingerprint density at radius 3 is 2.54 bits per heavy atom. The van der Waals surface area contributed by atoms with Crippen LogP contribution in [0.15, 0.2) is 59.5 Å². The Labute approximate surface area is 218 Å². The molecule has 0 aliphatic carbocycles. The number of sulfonamides is 1. The number of nitrogens with zero attached hydrogens (tertiary/aromatic N) is 1. The number of benzene rings is 2. The van der Waals surface area contributed by atoms with E-state index in [1.807, 2.05) is 0 Å². The second-order valence-corrected chi connectivity index (χ2v) is 10.8. The Hall–Kier alpha value is -3.90. The van der Waals surface area contributed by atoms with E-state index in [2.05, 4.69) is 10.0 Å². The SMILES string of the molecule is CCOC(=O)N1CCc2c(sc(NC(=O)c3cccc(NS(=O)(=O)c4ccccc4)c3)c2C(=O)OC)C1. The minimum absolute atomic E-state index is 0.0913. The molecular formula is C25H25N3O7S2. The zero-order valence-electron chi connectivity index (χ0n) is 20.1. The molecule has 1 aliphatic rings. The summed E-state index contributed by atoms with van der Waals surface area (Å²) in [4.78, 5) is 40.3. The summed E-state index contributed by atoms with van der Waals surface area (Å²) in [5, 5.41) is 3.05. The maximum Gasteiger partial charge on any atom is 0.410 e. The second-order valence-electron chi connectivity index (χ2n) is 8.02. The molecule has 0 unspecified atom stereocenters. The Balaban J connectivity index is 1.57. The van der Waals surface area contributed by atoms with E-state index >= 15 is 0 Å². The molecule has 0 fully saturated rings. The monoisotopic (exact) mass is 543 g/mol. The highest BCUT2D eigenvalue weighted by atomic mass is 32.2. The molecule has 2 amide bonds. The lowest BCUT2D eigenvalue weighted by Gasteiger charge is -2.26. The Kier molecular flexibility index (Phi) is 7.79. The van der Waals surface area contributed by atoms with Crippen molar-refractivity contribution in [2.24, 2.45) is 0 Å². The van der Waals surface area contributed by atoms with E-state index in [9.17, 15) is 22.8 Å². The summed E-state index contributed by atoms with van der Waals surface area (Å²) in [6.45, 7) is 2.59. The smallest absolute Gasteiger partial charge is 0.410 e. The van der Waals surface area contributed by atoms with Crippen molar-refractivity contribution in [3.63, 3.8) is 0 Å². The number of methoxy groups -OCH3 is 1. The number of rotatable bonds is 7. The molecule has 0 saturated heterocycles. The molecule has 2 heterocycles. The normalized spacial score (nSPS) is 12.9. The van der Waals surface area contributed by atoms with Gasteiger partial charge >= 0.3 is 12.1 Å². The van der Waals surface area contributed by atoms with Gasteiger partial charge in [0.25, 0.3) is 15.9 Å². The van der Waals surface area contributed by atoms with Gasteiger partial charge in [0.05, 0.1) is 30.7 Å². The highest BCUT2D eigenvalue weighted by Gasteiger charge is 2.31. The van der Waals surface area contributed by atoms with Gasteiger partial charge in [0.1, 0.15) is 5.00 Å². The maximum atomic E-state index is 13.1. The topological polar surface area (TPSA) is 131 Å². The zero-order valence-corrected chi connectivity index (χ0v) is 21.8. The van der Waals surface area contributed by atoms with Gasteiger partial charge in [-0.2, -0.15) is 0 Å². The quantitative estimate of drug-likeness (QED) is 0.429. The number of ether oxygens (including phenoxy) is 2. The molecule has 3 aromatic rings. The summed E-state index contributed by atoms with van der Waals surface area (Å²) in [6.07, 6.45) is -0.0386. The molecule has 12 heteroatoms.